The van der Waals surface area contributed by atoms with E-state index in [0.717, 1.165) is 22.3 Å². The third kappa shape index (κ3) is 6.15. The third-order valence-electron chi connectivity index (χ3n) is 5.81. The van der Waals surface area contributed by atoms with E-state index in [1.54, 1.807) is 12.1 Å². The van der Waals surface area contributed by atoms with Gasteiger partial charge < -0.3 is 0 Å². The van der Waals surface area contributed by atoms with Crippen LogP contribution in [0.2, 0.25) is 0 Å². The van der Waals surface area contributed by atoms with Crippen molar-refractivity contribution in [3.8, 4) is 0 Å². The van der Waals surface area contributed by atoms with Crippen LogP contribution in [0.5, 0.6) is 0 Å². The van der Waals surface area contributed by atoms with Crippen molar-refractivity contribution < 1.29 is 29.1 Å². The molecule has 0 atom stereocenters. The number of carbonyl (C=O) groups is 2. The SMILES string of the molecule is CCC(C)(CC)C(OOC(=O)c1ccc(C)cc1C)OOC(=O)c1ccc(C)cc1C. The minimum atomic E-state index is -1.09. The normalized spacial score (nSPS) is 11.5. The lowest BCUT2D eigenvalue weighted by atomic mass is 9.84. The fourth-order valence-corrected chi connectivity index (χ4v) is 3.18. The molecule has 0 spiro atoms. The second-order valence-electron chi connectivity index (χ2n) is 8.26. The molecule has 0 unspecified atom stereocenters. The van der Waals surface area contributed by atoms with Gasteiger partial charge in [-0.1, -0.05) is 56.2 Å². The second kappa shape index (κ2) is 10.6. The van der Waals surface area contributed by atoms with E-state index in [9.17, 15) is 9.59 Å². The Hall–Kier alpha value is -2.70. The summed E-state index contributed by atoms with van der Waals surface area (Å²) in [5, 5.41) is 0. The molecular weight excluding hydrogens is 396 g/mol. The van der Waals surface area contributed by atoms with Gasteiger partial charge in [0, 0.05) is 5.41 Å². The second-order valence-corrected chi connectivity index (χ2v) is 8.26. The van der Waals surface area contributed by atoms with Crippen LogP contribution in [0.3, 0.4) is 0 Å². The van der Waals surface area contributed by atoms with Crippen molar-refractivity contribution in [1.29, 1.82) is 0 Å². The molecule has 0 heterocycles. The highest BCUT2D eigenvalue weighted by Gasteiger charge is 2.37. The van der Waals surface area contributed by atoms with Gasteiger partial charge in [0.2, 0.25) is 0 Å². The summed E-state index contributed by atoms with van der Waals surface area (Å²) in [5.41, 5.74) is 3.88. The van der Waals surface area contributed by atoms with Gasteiger partial charge in [0.05, 0.1) is 11.1 Å². The molecule has 168 valence electrons. The van der Waals surface area contributed by atoms with E-state index in [2.05, 4.69) is 0 Å². The van der Waals surface area contributed by atoms with Crippen LogP contribution in [0, 0.1) is 33.1 Å². The Labute approximate surface area is 184 Å². The molecule has 0 saturated heterocycles. The van der Waals surface area contributed by atoms with Crippen molar-refractivity contribution >= 4 is 11.9 Å². The quantitative estimate of drug-likeness (QED) is 0.279. The van der Waals surface area contributed by atoms with Crippen molar-refractivity contribution in [3.63, 3.8) is 0 Å². The molecular formula is C25H32O6. The number of carbonyl (C=O) groups excluding carboxylic acids is 2. The summed E-state index contributed by atoms with van der Waals surface area (Å²) < 4.78 is 0. The first-order valence-corrected chi connectivity index (χ1v) is 10.5. The van der Waals surface area contributed by atoms with Crippen molar-refractivity contribution in [2.24, 2.45) is 5.41 Å². The van der Waals surface area contributed by atoms with Gasteiger partial charge in [-0.2, -0.15) is 0 Å². The van der Waals surface area contributed by atoms with Crippen LogP contribution in [-0.4, -0.2) is 18.2 Å². The first-order valence-electron chi connectivity index (χ1n) is 10.5. The van der Waals surface area contributed by atoms with Crippen LogP contribution >= 0.6 is 0 Å². The number of hydrogen-bond acceptors (Lipinski definition) is 6. The summed E-state index contributed by atoms with van der Waals surface area (Å²) in [5.74, 6) is -1.28. The Morgan fingerprint density at radius 1 is 0.774 bits per heavy atom. The van der Waals surface area contributed by atoms with E-state index in [0.29, 0.717) is 24.0 Å². The van der Waals surface area contributed by atoms with Gasteiger partial charge in [-0.25, -0.2) is 9.59 Å². The molecule has 0 aliphatic carbocycles. The largest absolute Gasteiger partial charge is 0.373 e. The highest BCUT2D eigenvalue weighted by molar-refractivity contribution is 5.91. The molecule has 6 heteroatoms. The summed E-state index contributed by atoms with van der Waals surface area (Å²) in [6.45, 7) is 13.4. The van der Waals surface area contributed by atoms with Gasteiger partial charge >= 0.3 is 11.9 Å². The molecule has 2 aromatic rings. The lowest BCUT2D eigenvalue weighted by Gasteiger charge is -2.32. The average Bonchev–Trinajstić information content (AvgIpc) is 2.72. The third-order valence-corrected chi connectivity index (χ3v) is 5.81. The zero-order valence-corrected chi connectivity index (χ0v) is 19.4. The molecule has 0 fully saturated rings. The Kier molecular flexibility index (Phi) is 8.36. The molecule has 0 radical (unpaired) electrons. The zero-order valence-electron chi connectivity index (χ0n) is 19.4. The zero-order chi connectivity index (χ0) is 23.2. The minimum absolute atomic E-state index is 0.395. The van der Waals surface area contributed by atoms with E-state index >= 15 is 0 Å². The molecule has 0 saturated carbocycles. The number of rotatable bonds is 9. The summed E-state index contributed by atoms with van der Waals surface area (Å²) in [7, 11) is 0. The van der Waals surface area contributed by atoms with Crippen LogP contribution in [0.25, 0.3) is 0 Å². The first kappa shape index (κ1) is 24.6. The number of benzene rings is 2. The molecule has 2 aromatic carbocycles. The maximum atomic E-state index is 12.5. The highest BCUT2D eigenvalue weighted by Crippen LogP contribution is 2.33. The van der Waals surface area contributed by atoms with Crippen molar-refractivity contribution in [1.82, 2.24) is 0 Å². The van der Waals surface area contributed by atoms with E-state index in [4.69, 9.17) is 19.6 Å². The van der Waals surface area contributed by atoms with E-state index in [1.165, 1.54) is 0 Å². The lowest BCUT2D eigenvalue weighted by molar-refractivity contribution is -0.445. The molecule has 0 amide bonds. The smallest absolute Gasteiger partial charge is 0.290 e. The summed E-state index contributed by atoms with van der Waals surface area (Å²) in [6.07, 6.45) is 0.208. The first-order chi connectivity index (χ1) is 14.6. The molecule has 0 aliphatic heterocycles. The van der Waals surface area contributed by atoms with E-state index in [1.807, 2.05) is 72.7 Å². The highest BCUT2D eigenvalue weighted by atomic mass is 17.3. The van der Waals surface area contributed by atoms with Gasteiger partial charge in [0.25, 0.3) is 6.29 Å². The minimum Gasteiger partial charge on any atom is -0.290 e. The van der Waals surface area contributed by atoms with Crippen LogP contribution < -0.4 is 0 Å². The van der Waals surface area contributed by atoms with Gasteiger partial charge in [-0.15, -0.1) is 9.78 Å². The topological polar surface area (TPSA) is 71.1 Å². The molecule has 0 aliphatic rings. The molecule has 0 aromatic heterocycles. The summed E-state index contributed by atoms with van der Waals surface area (Å²) in [4.78, 5) is 45.9. The fourth-order valence-electron chi connectivity index (χ4n) is 3.18. The lowest BCUT2D eigenvalue weighted by Crippen LogP contribution is -2.37. The average molecular weight is 429 g/mol. The van der Waals surface area contributed by atoms with Crippen LogP contribution in [0.1, 0.15) is 76.6 Å². The Bertz CT molecular complexity index is 862. The molecule has 6 nitrogen and oxygen atoms in total. The Balaban J connectivity index is 2.12. The standard InChI is InChI=1S/C25H32O6/c1-8-25(7,9-2)24(30-28-22(26)20-12-10-16(3)14-18(20)5)31-29-23(27)21-13-11-17(4)15-19(21)6/h10-15,24H,8-9H2,1-7H3. The Morgan fingerprint density at radius 2 is 1.16 bits per heavy atom. The van der Waals surface area contributed by atoms with Crippen LogP contribution in [-0.2, 0) is 19.6 Å². The van der Waals surface area contributed by atoms with E-state index in [-0.39, 0.29) is 0 Å². The summed E-state index contributed by atoms with van der Waals surface area (Å²) in [6, 6.07) is 10.8. The fraction of sp³-hybridized carbons (Fsp3) is 0.440. The van der Waals surface area contributed by atoms with E-state index < -0.39 is 23.6 Å². The van der Waals surface area contributed by atoms with Gasteiger partial charge in [0.15, 0.2) is 0 Å². The molecule has 0 bridgehead atoms. The van der Waals surface area contributed by atoms with Crippen molar-refractivity contribution in [3.05, 3.63) is 69.8 Å². The number of hydrogen-bond donors (Lipinski definition) is 0. The maximum Gasteiger partial charge on any atom is 0.373 e. The molecule has 0 N–H and O–H groups in total. The Morgan fingerprint density at radius 3 is 1.48 bits per heavy atom. The van der Waals surface area contributed by atoms with Crippen molar-refractivity contribution in [2.75, 3.05) is 0 Å². The number of aryl methyl sites for hydroxylation is 4. The predicted octanol–water partition coefficient (Wildman–Crippen LogP) is 5.95. The monoisotopic (exact) mass is 428 g/mol. The summed E-state index contributed by atoms with van der Waals surface area (Å²) >= 11 is 0. The van der Waals surface area contributed by atoms with Crippen LogP contribution in [0.4, 0.5) is 0 Å². The van der Waals surface area contributed by atoms with Gasteiger partial charge in [-0.05, 0) is 63.8 Å². The van der Waals surface area contributed by atoms with Gasteiger partial charge in [-0.3, -0.25) is 9.78 Å². The van der Waals surface area contributed by atoms with Crippen LogP contribution in [0.15, 0.2) is 36.4 Å². The molecule has 2 rings (SSSR count). The van der Waals surface area contributed by atoms with Crippen molar-refractivity contribution in [2.45, 2.75) is 67.6 Å². The van der Waals surface area contributed by atoms with Gasteiger partial charge in [0.1, 0.15) is 0 Å². The predicted molar refractivity (Wildman–Crippen MR) is 117 cm³/mol. The maximum absolute atomic E-state index is 12.5. The molecule has 31 heavy (non-hydrogen) atoms.